The molecule has 4 nitrogen and oxygen atoms in total. The zero-order valence-electron chi connectivity index (χ0n) is 13.1. The lowest BCUT2D eigenvalue weighted by molar-refractivity contribution is -0.135. The van der Waals surface area contributed by atoms with Gasteiger partial charge in [-0.25, -0.2) is 0 Å². The molecule has 4 heteroatoms. The van der Waals surface area contributed by atoms with E-state index in [1.807, 2.05) is 4.90 Å². The van der Waals surface area contributed by atoms with Gasteiger partial charge >= 0.3 is 0 Å². The van der Waals surface area contributed by atoms with Gasteiger partial charge in [-0.2, -0.15) is 0 Å². The first-order valence-corrected chi connectivity index (χ1v) is 8.19. The summed E-state index contributed by atoms with van der Waals surface area (Å²) in [5.74, 6) is 1.09. The van der Waals surface area contributed by atoms with Gasteiger partial charge in [0.25, 0.3) is 0 Å². The molecule has 0 aromatic heterocycles. The minimum atomic E-state index is 0.0668. The van der Waals surface area contributed by atoms with Crippen LogP contribution in [0.4, 0.5) is 0 Å². The minimum absolute atomic E-state index is 0.0668. The first-order valence-electron chi connectivity index (χ1n) is 8.19. The van der Waals surface area contributed by atoms with Crippen molar-refractivity contribution in [1.82, 2.24) is 9.80 Å². The Balaban J connectivity index is 1.77. The zero-order chi connectivity index (χ0) is 14.6. The summed E-state index contributed by atoms with van der Waals surface area (Å²) in [6, 6.07) is 0. The predicted octanol–water partition coefficient (Wildman–Crippen LogP) is 1.73. The summed E-state index contributed by atoms with van der Waals surface area (Å²) < 4.78 is 0. The third-order valence-corrected chi connectivity index (χ3v) is 5.50. The van der Waals surface area contributed by atoms with Crippen LogP contribution < -0.4 is 0 Å². The number of rotatable bonds is 4. The summed E-state index contributed by atoms with van der Waals surface area (Å²) in [6.45, 7) is 9.05. The molecule has 2 rings (SSSR count). The van der Waals surface area contributed by atoms with Crippen LogP contribution in [0.2, 0.25) is 0 Å². The van der Waals surface area contributed by atoms with Crippen molar-refractivity contribution < 1.29 is 9.90 Å². The van der Waals surface area contributed by atoms with E-state index in [0.717, 1.165) is 51.4 Å². The Morgan fingerprint density at radius 2 is 1.80 bits per heavy atom. The first kappa shape index (κ1) is 15.8. The maximum Gasteiger partial charge on any atom is 0.236 e. The van der Waals surface area contributed by atoms with Crippen LogP contribution in [0.1, 0.15) is 46.0 Å². The molecule has 1 N–H and O–H groups in total. The third kappa shape index (κ3) is 3.73. The van der Waals surface area contributed by atoms with Crippen molar-refractivity contribution in [3.05, 3.63) is 0 Å². The Labute approximate surface area is 123 Å². The number of carbonyl (C=O) groups excluding carboxylic acids is 1. The molecule has 0 spiro atoms. The van der Waals surface area contributed by atoms with Gasteiger partial charge in [-0.05, 0) is 56.5 Å². The SMILES string of the molecule is CCC1(CO)CCN(C(=O)CN2CCC(C)CC2)CC1. The average molecular weight is 282 g/mol. The second-order valence-electron chi connectivity index (χ2n) is 6.85. The Morgan fingerprint density at radius 1 is 1.20 bits per heavy atom. The Morgan fingerprint density at radius 3 is 2.30 bits per heavy atom. The van der Waals surface area contributed by atoms with Crippen molar-refractivity contribution in [2.45, 2.75) is 46.0 Å². The van der Waals surface area contributed by atoms with Gasteiger partial charge in [-0.1, -0.05) is 13.8 Å². The van der Waals surface area contributed by atoms with E-state index in [1.165, 1.54) is 12.8 Å². The fraction of sp³-hybridized carbons (Fsp3) is 0.938. The Kier molecular flexibility index (Phi) is 5.44. The highest BCUT2D eigenvalue weighted by atomic mass is 16.3. The summed E-state index contributed by atoms with van der Waals surface area (Å²) in [6.07, 6.45) is 5.34. The van der Waals surface area contributed by atoms with Crippen LogP contribution in [0.3, 0.4) is 0 Å². The lowest BCUT2D eigenvalue weighted by Crippen LogP contribution is -2.48. The molecule has 2 heterocycles. The van der Waals surface area contributed by atoms with Crippen molar-refractivity contribution in [3.63, 3.8) is 0 Å². The van der Waals surface area contributed by atoms with Crippen molar-refractivity contribution in [3.8, 4) is 0 Å². The standard InChI is InChI=1S/C16H30N2O2/c1-3-16(13-19)6-10-18(11-7-16)15(20)12-17-8-4-14(2)5-9-17/h14,19H,3-13H2,1-2H3. The fourth-order valence-electron chi connectivity index (χ4n) is 3.37. The van der Waals surface area contributed by atoms with Crippen molar-refractivity contribution in [2.24, 2.45) is 11.3 Å². The summed E-state index contributed by atoms with van der Waals surface area (Å²) >= 11 is 0. The van der Waals surface area contributed by atoms with E-state index in [0.29, 0.717) is 6.54 Å². The smallest absolute Gasteiger partial charge is 0.236 e. The van der Waals surface area contributed by atoms with Crippen LogP contribution in [0.15, 0.2) is 0 Å². The summed E-state index contributed by atoms with van der Waals surface area (Å²) in [5.41, 5.74) is 0.0668. The van der Waals surface area contributed by atoms with Gasteiger partial charge in [0.1, 0.15) is 0 Å². The predicted molar refractivity (Wildman–Crippen MR) is 80.5 cm³/mol. The second kappa shape index (κ2) is 6.90. The maximum atomic E-state index is 12.4. The lowest BCUT2D eigenvalue weighted by atomic mass is 9.77. The molecule has 2 aliphatic rings. The molecule has 1 amide bonds. The molecule has 20 heavy (non-hydrogen) atoms. The van der Waals surface area contributed by atoms with Gasteiger partial charge in [0.15, 0.2) is 0 Å². The molecule has 2 fully saturated rings. The van der Waals surface area contributed by atoms with Crippen LogP contribution in [0.25, 0.3) is 0 Å². The third-order valence-electron chi connectivity index (χ3n) is 5.50. The van der Waals surface area contributed by atoms with E-state index in [2.05, 4.69) is 18.7 Å². The summed E-state index contributed by atoms with van der Waals surface area (Å²) in [7, 11) is 0. The minimum Gasteiger partial charge on any atom is -0.396 e. The van der Waals surface area contributed by atoms with E-state index in [1.54, 1.807) is 0 Å². The molecular formula is C16H30N2O2. The number of nitrogens with zero attached hydrogens (tertiary/aromatic N) is 2. The molecular weight excluding hydrogens is 252 g/mol. The molecule has 0 bridgehead atoms. The summed E-state index contributed by atoms with van der Waals surface area (Å²) in [5, 5.41) is 9.54. The highest BCUT2D eigenvalue weighted by Gasteiger charge is 2.34. The molecule has 0 aromatic carbocycles. The number of hydrogen-bond donors (Lipinski definition) is 1. The number of hydrogen-bond acceptors (Lipinski definition) is 3. The highest BCUT2D eigenvalue weighted by Crippen LogP contribution is 2.34. The summed E-state index contributed by atoms with van der Waals surface area (Å²) in [4.78, 5) is 16.7. The van der Waals surface area contributed by atoms with Gasteiger partial charge < -0.3 is 10.0 Å². The van der Waals surface area contributed by atoms with Crippen LogP contribution >= 0.6 is 0 Å². The largest absolute Gasteiger partial charge is 0.396 e. The molecule has 0 saturated carbocycles. The normalized spacial score (nSPS) is 24.9. The average Bonchev–Trinajstić information content (AvgIpc) is 2.49. The maximum absolute atomic E-state index is 12.4. The van der Waals surface area contributed by atoms with E-state index >= 15 is 0 Å². The van der Waals surface area contributed by atoms with E-state index in [4.69, 9.17) is 0 Å². The van der Waals surface area contributed by atoms with E-state index in [9.17, 15) is 9.90 Å². The quantitative estimate of drug-likeness (QED) is 0.854. The van der Waals surface area contributed by atoms with Crippen LogP contribution in [0, 0.1) is 11.3 Å². The number of carbonyl (C=O) groups is 1. The first-order chi connectivity index (χ1) is 9.58. The molecule has 0 atom stereocenters. The monoisotopic (exact) mass is 282 g/mol. The molecule has 2 aliphatic heterocycles. The zero-order valence-corrected chi connectivity index (χ0v) is 13.1. The number of aliphatic hydroxyl groups is 1. The van der Waals surface area contributed by atoms with Crippen molar-refractivity contribution in [1.29, 1.82) is 0 Å². The van der Waals surface area contributed by atoms with Gasteiger partial charge in [0.05, 0.1) is 6.54 Å². The van der Waals surface area contributed by atoms with E-state index in [-0.39, 0.29) is 17.9 Å². The Bertz CT molecular complexity index is 310. The number of likely N-dealkylation sites (tertiary alicyclic amines) is 2. The number of amides is 1. The molecule has 116 valence electrons. The van der Waals surface area contributed by atoms with Gasteiger partial charge in [-0.15, -0.1) is 0 Å². The van der Waals surface area contributed by atoms with E-state index < -0.39 is 0 Å². The Hall–Kier alpha value is -0.610. The molecule has 0 radical (unpaired) electrons. The van der Waals surface area contributed by atoms with Crippen LogP contribution in [-0.4, -0.2) is 60.1 Å². The second-order valence-corrected chi connectivity index (χ2v) is 6.85. The van der Waals surface area contributed by atoms with Gasteiger partial charge in [-0.3, -0.25) is 9.69 Å². The fourth-order valence-corrected chi connectivity index (χ4v) is 3.37. The number of aliphatic hydroxyl groups excluding tert-OH is 1. The molecule has 0 unspecified atom stereocenters. The molecule has 0 aromatic rings. The van der Waals surface area contributed by atoms with Crippen molar-refractivity contribution >= 4 is 5.91 Å². The number of piperidine rings is 2. The topological polar surface area (TPSA) is 43.8 Å². The van der Waals surface area contributed by atoms with Gasteiger partial charge in [0.2, 0.25) is 5.91 Å². The molecule has 0 aliphatic carbocycles. The van der Waals surface area contributed by atoms with Crippen LogP contribution in [0.5, 0.6) is 0 Å². The highest BCUT2D eigenvalue weighted by molar-refractivity contribution is 5.78. The van der Waals surface area contributed by atoms with Crippen molar-refractivity contribution in [2.75, 3.05) is 39.3 Å². The lowest BCUT2D eigenvalue weighted by Gasteiger charge is -2.41. The van der Waals surface area contributed by atoms with Gasteiger partial charge in [0, 0.05) is 19.7 Å². The molecule has 2 saturated heterocycles. The van der Waals surface area contributed by atoms with Crippen LogP contribution in [-0.2, 0) is 4.79 Å².